The van der Waals surface area contributed by atoms with Crippen LogP contribution in [0.1, 0.15) is 18.4 Å². The van der Waals surface area contributed by atoms with Crippen molar-refractivity contribution < 1.29 is 9.84 Å². The molecule has 3 nitrogen and oxygen atoms in total. The van der Waals surface area contributed by atoms with Gasteiger partial charge in [0, 0.05) is 17.6 Å². The molecule has 0 spiro atoms. The first-order valence-electron chi connectivity index (χ1n) is 6.38. The molecule has 0 amide bonds. The Morgan fingerprint density at radius 1 is 1.39 bits per heavy atom. The van der Waals surface area contributed by atoms with Gasteiger partial charge in [-0.3, -0.25) is 4.90 Å². The highest BCUT2D eigenvalue weighted by Gasteiger charge is 2.19. The number of benzene rings is 1. The van der Waals surface area contributed by atoms with E-state index in [2.05, 4.69) is 26.9 Å². The number of nitrogens with zero attached hydrogens (tertiary/aromatic N) is 1. The molecule has 0 atom stereocenters. The van der Waals surface area contributed by atoms with Crippen LogP contribution in [-0.4, -0.2) is 36.8 Å². The molecule has 0 aliphatic carbocycles. The number of hydrogen-bond acceptors (Lipinski definition) is 3. The van der Waals surface area contributed by atoms with Gasteiger partial charge in [0.15, 0.2) is 0 Å². The molecule has 0 saturated carbocycles. The van der Waals surface area contributed by atoms with Gasteiger partial charge in [-0.15, -0.1) is 0 Å². The van der Waals surface area contributed by atoms with Crippen molar-refractivity contribution in [1.82, 2.24) is 4.90 Å². The average Bonchev–Trinajstić information content (AvgIpc) is 2.42. The number of methoxy groups -OCH3 is 1. The number of rotatable bonds is 4. The van der Waals surface area contributed by atoms with E-state index in [0.717, 1.165) is 42.7 Å². The summed E-state index contributed by atoms with van der Waals surface area (Å²) >= 11 is 3.59. The lowest BCUT2D eigenvalue weighted by molar-refractivity contribution is 0.127. The highest BCUT2D eigenvalue weighted by molar-refractivity contribution is 9.10. The van der Waals surface area contributed by atoms with Crippen LogP contribution in [0.5, 0.6) is 5.75 Å². The van der Waals surface area contributed by atoms with E-state index in [1.54, 1.807) is 7.11 Å². The Hall–Kier alpha value is -0.580. The van der Waals surface area contributed by atoms with E-state index in [4.69, 9.17) is 9.84 Å². The molecule has 1 fully saturated rings. The van der Waals surface area contributed by atoms with Crippen LogP contribution in [0, 0.1) is 5.92 Å². The van der Waals surface area contributed by atoms with Gasteiger partial charge in [0.2, 0.25) is 0 Å². The average molecular weight is 314 g/mol. The molecule has 1 saturated heterocycles. The monoisotopic (exact) mass is 313 g/mol. The zero-order chi connectivity index (χ0) is 13.0. The minimum absolute atomic E-state index is 0.330. The summed E-state index contributed by atoms with van der Waals surface area (Å²) in [6.07, 6.45) is 2.19. The molecule has 0 bridgehead atoms. The lowest BCUT2D eigenvalue weighted by Crippen LogP contribution is -2.34. The molecule has 1 aliphatic rings. The highest BCUT2D eigenvalue weighted by atomic mass is 79.9. The van der Waals surface area contributed by atoms with E-state index in [1.807, 2.05) is 12.1 Å². The lowest BCUT2D eigenvalue weighted by Gasteiger charge is -2.31. The van der Waals surface area contributed by atoms with Gasteiger partial charge in [0.25, 0.3) is 0 Å². The summed E-state index contributed by atoms with van der Waals surface area (Å²) in [5.74, 6) is 1.40. The Balaban J connectivity index is 1.97. The highest BCUT2D eigenvalue weighted by Crippen LogP contribution is 2.25. The van der Waals surface area contributed by atoms with Crippen LogP contribution in [-0.2, 0) is 6.54 Å². The van der Waals surface area contributed by atoms with Crippen molar-refractivity contribution in [2.24, 2.45) is 5.92 Å². The number of aliphatic hydroxyl groups excluding tert-OH is 1. The van der Waals surface area contributed by atoms with Gasteiger partial charge in [-0.2, -0.15) is 0 Å². The Bertz CT molecular complexity index is 389. The van der Waals surface area contributed by atoms with Crippen LogP contribution in [0.15, 0.2) is 22.7 Å². The number of ether oxygens (including phenoxy) is 1. The smallest absolute Gasteiger partial charge is 0.119 e. The Labute approximate surface area is 117 Å². The molecule has 1 heterocycles. The van der Waals surface area contributed by atoms with Crippen molar-refractivity contribution in [2.45, 2.75) is 19.4 Å². The summed E-state index contributed by atoms with van der Waals surface area (Å²) in [6, 6.07) is 6.09. The van der Waals surface area contributed by atoms with E-state index in [1.165, 1.54) is 5.56 Å². The van der Waals surface area contributed by atoms with Crippen molar-refractivity contribution in [2.75, 3.05) is 26.8 Å². The third-order valence-electron chi connectivity index (χ3n) is 3.61. The van der Waals surface area contributed by atoms with Gasteiger partial charge < -0.3 is 9.84 Å². The van der Waals surface area contributed by atoms with Gasteiger partial charge in [-0.1, -0.05) is 15.9 Å². The topological polar surface area (TPSA) is 32.7 Å². The molecule has 1 aromatic carbocycles. The third-order valence-corrected chi connectivity index (χ3v) is 4.39. The molecular weight excluding hydrogens is 294 g/mol. The molecule has 0 radical (unpaired) electrons. The van der Waals surface area contributed by atoms with Crippen LogP contribution >= 0.6 is 15.9 Å². The summed E-state index contributed by atoms with van der Waals surface area (Å²) < 4.78 is 6.39. The second-order valence-electron chi connectivity index (χ2n) is 4.86. The molecule has 1 aliphatic heterocycles. The fourth-order valence-electron chi connectivity index (χ4n) is 2.37. The second-order valence-corrected chi connectivity index (χ2v) is 5.71. The molecule has 1 aromatic rings. The van der Waals surface area contributed by atoms with Gasteiger partial charge in [-0.25, -0.2) is 0 Å². The standard InChI is InChI=1S/C14H20BrNO2/c1-18-13-2-3-14(15)12(8-13)9-16-6-4-11(10-17)5-7-16/h2-3,8,11,17H,4-7,9-10H2,1H3. The van der Waals surface area contributed by atoms with Gasteiger partial charge in [0.1, 0.15) is 5.75 Å². The molecule has 100 valence electrons. The molecule has 1 N–H and O–H groups in total. The quantitative estimate of drug-likeness (QED) is 0.927. The van der Waals surface area contributed by atoms with Crippen molar-refractivity contribution in [3.05, 3.63) is 28.2 Å². The van der Waals surface area contributed by atoms with Crippen molar-refractivity contribution >= 4 is 15.9 Å². The summed E-state index contributed by atoms with van der Waals surface area (Å²) in [6.45, 7) is 3.40. The largest absolute Gasteiger partial charge is 0.497 e. The Morgan fingerprint density at radius 2 is 2.11 bits per heavy atom. The molecular formula is C14H20BrNO2. The maximum absolute atomic E-state index is 9.14. The van der Waals surface area contributed by atoms with E-state index in [9.17, 15) is 0 Å². The number of piperidine rings is 1. The van der Waals surface area contributed by atoms with Crippen LogP contribution in [0.2, 0.25) is 0 Å². The molecule has 4 heteroatoms. The maximum Gasteiger partial charge on any atom is 0.119 e. The fraction of sp³-hybridized carbons (Fsp3) is 0.571. The van der Waals surface area contributed by atoms with Crippen LogP contribution < -0.4 is 4.74 Å². The third kappa shape index (κ3) is 3.46. The van der Waals surface area contributed by atoms with Crippen LogP contribution in [0.4, 0.5) is 0 Å². The zero-order valence-electron chi connectivity index (χ0n) is 10.7. The maximum atomic E-state index is 9.14. The first kappa shape index (κ1) is 13.8. The van der Waals surface area contributed by atoms with Gasteiger partial charge >= 0.3 is 0 Å². The van der Waals surface area contributed by atoms with Crippen molar-refractivity contribution in [3.8, 4) is 5.75 Å². The molecule has 0 unspecified atom stereocenters. The predicted molar refractivity (Wildman–Crippen MR) is 75.8 cm³/mol. The number of aliphatic hydroxyl groups is 1. The molecule has 0 aromatic heterocycles. The Kier molecular flexibility index (Phi) is 5.03. The summed E-state index contributed by atoms with van der Waals surface area (Å²) in [5, 5.41) is 9.14. The van der Waals surface area contributed by atoms with Crippen LogP contribution in [0.3, 0.4) is 0 Å². The normalized spacial score (nSPS) is 17.9. The van der Waals surface area contributed by atoms with E-state index in [0.29, 0.717) is 12.5 Å². The van der Waals surface area contributed by atoms with Gasteiger partial charge in [-0.05, 0) is 55.6 Å². The summed E-state index contributed by atoms with van der Waals surface area (Å²) in [7, 11) is 1.69. The van der Waals surface area contributed by atoms with Gasteiger partial charge in [0.05, 0.1) is 7.11 Å². The van der Waals surface area contributed by atoms with Crippen molar-refractivity contribution in [1.29, 1.82) is 0 Å². The van der Waals surface area contributed by atoms with E-state index >= 15 is 0 Å². The SMILES string of the molecule is COc1ccc(Br)c(CN2CCC(CO)CC2)c1. The predicted octanol–water partition coefficient (Wildman–Crippen LogP) is 2.66. The lowest BCUT2D eigenvalue weighted by atomic mass is 9.97. The molecule has 18 heavy (non-hydrogen) atoms. The number of halogens is 1. The summed E-state index contributed by atoms with van der Waals surface area (Å²) in [5.41, 5.74) is 1.26. The minimum atomic E-state index is 0.330. The van der Waals surface area contributed by atoms with E-state index in [-0.39, 0.29) is 0 Å². The number of likely N-dealkylation sites (tertiary alicyclic amines) is 1. The second kappa shape index (κ2) is 6.55. The Morgan fingerprint density at radius 3 is 2.72 bits per heavy atom. The zero-order valence-corrected chi connectivity index (χ0v) is 12.3. The fourth-order valence-corrected chi connectivity index (χ4v) is 2.74. The minimum Gasteiger partial charge on any atom is -0.497 e. The molecule has 2 rings (SSSR count). The first-order valence-corrected chi connectivity index (χ1v) is 7.18. The first-order chi connectivity index (χ1) is 8.72. The van der Waals surface area contributed by atoms with Crippen molar-refractivity contribution in [3.63, 3.8) is 0 Å². The van der Waals surface area contributed by atoms with Crippen LogP contribution in [0.25, 0.3) is 0 Å². The summed E-state index contributed by atoms with van der Waals surface area (Å²) in [4.78, 5) is 2.44. The number of hydrogen-bond donors (Lipinski definition) is 1. The van der Waals surface area contributed by atoms with E-state index < -0.39 is 0 Å².